The van der Waals surface area contributed by atoms with Crippen LogP contribution in [0.25, 0.3) is 0 Å². The molecule has 1 amide bonds. The number of likely N-dealkylation sites (tertiary alicyclic amines) is 1. The molecule has 1 aliphatic rings. The van der Waals surface area contributed by atoms with Crippen molar-refractivity contribution in [1.29, 1.82) is 0 Å². The number of thioether (sulfide) groups is 1. The molecule has 5 heteroatoms. The molecule has 0 saturated carbocycles. The van der Waals surface area contributed by atoms with Crippen LogP contribution in [-0.2, 0) is 4.79 Å². The van der Waals surface area contributed by atoms with E-state index in [1.807, 2.05) is 0 Å². The fourth-order valence-corrected chi connectivity index (χ4v) is 2.44. The number of amides is 1. The maximum Gasteiger partial charge on any atom is 0.230 e. The predicted molar refractivity (Wildman–Crippen MR) is 69.1 cm³/mol. The number of hydrogen-bond acceptors (Lipinski definition) is 3. The van der Waals surface area contributed by atoms with E-state index in [1.165, 1.54) is 24.6 Å². The first-order valence-electron chi connectivity index (χ1n) is 5.03. The van der Waals surface area contributed by atoms with Crippen LogP contribution in [0.4, 0.5) is 0 Å². The lowest BCUT2D eigenvalue weighted by atomic mass is 10.4. The van der Waals surface area contributed by atoms with Crippen molar-refractivity contribution in [2.75, 3.05) is 25.4 Å². The van der Waals surface area contributed by atoms with Gasteiger partial charge < -0.3 is 10.2 Å². The number of nitrogens with one attached hydrogen (secondary N) is 1. The van der Waals surface area contributed by atoms with E-state index in [9.17, 15) is 4.79 Å². The van der Waals surface area contributed by atoms with Gasteiger partial charge in [0.15, 0.2) is 0 Å². The summed E-state index contributed by atoms with van der Waals surface area (Å²) >= 11 is 6.68. The number of carbonyl (C=O) groups excluding carboxylic acids is 1. The molecule has 0 radical (unpaired) electrons. The number of nitrogens with zero attached hydrogens (tertiary/aromatic N) is 1. The van der Waals surface area contributed by atoms with Gasteiger partial charge >= 0.3 is 0 Å². The standard InChI is InChI=1S/C10H16N2OS2/c1-2-5-11-9(13)8-15-10(14)12-6-3-4-7-12/h2H,1,3-8H2,(H,11,13). The molecule has 0 spiro atoms. The Bertz CT molecular complexity index is 250. The molecule has 0 bridgehead atoms. The molecule has 1 aliphatic heterocycles. The SMILES string of the molecule is C=CCNC(=O)CSC(=S)N1CCCC1. The van der Waals surface area contributed by atoms with Gasteiger partial charge in [-0.2, -0.15) is 0 Å². The van der Waals surface area contributed by atoms with Gasteiger partial charge in [0.1, 0.15) is 4.32 Å². The van der Waals surface area contributed by atoms with Gasteiger partial charge in [0.2, 0.25) is 5.91 Å². The minimum Gasteiger partial charge on any atom is -0.358 e. The maximum absolute atomic E-state index is 11.3. The molecule has 0 aromatic carbocycles. The summed E-state index contributed by atoms with van der Waals surface area (Å²) in [5.41, 5.74) is 0. The highest BCUT2D eigenvalue weighted by Gasteiger charge is 2.15. The second-order valence-electron chi connectivity index (χ2n) is 3.34. The van der Waals surface area contributed by atoms with Crippen LogP contribution in [0.15, 0.2) is 12.7 Å². The monoisotopic (exact) mass is 244 g/mol. The number of hydrogen-bond donors (Lipinski definition) is 1. The first-order chi connectivity index (χ1) is 7.24. The Kier molecular flexibility index (Phi) is 5.71. The lowest BCUT2D eigenvalue weighted by Crippen LogP contribution is -2.28. The molecule has 0 atom stereocenters. The zero-order chi connectivity index (χ0) is 11.1. The van der Waals surface area contributed by atoms with E-state index in [4.69, 9.17) is 12.2 Å². The van der Waals surface area contributed by atoms with Crippen molar-refractivity contribution >= 4 is 34.2 Å². The van der Waals surface area contributed by atoms with E-state index in [0.717, 1.165) is 17.4 Å². The Hall–Kier alpha value is -0.550. The summed E-state index contributed by atoms with van der Waals surface area (Å²) in [4.78, 5) is 13.4. The van der Waals surface area contributed by atoms with Crippen LogP contribution in [0.3, 0.4) is 0 Å². The minimum atomic E-state index is 0.0152. The van der Waals surface area contributed by atoms with Crippen molar-refractivity contribution in [3.05, 3.63) is 12.7 Å². The first kappa shape index (κ1) is 12.5. The molecule has 1 fully saturated rings. The Morgan fingerprint density at radius 2 is 2.20 bits per heavy atom. The van der Waals surface area contributed by atoms with Crippen LogP contribution in [0.5, 0.6) is 0 Å². The molecule has 3 nitrogen and oxygen atoms in total. The lowest BCUT2D eigenvalue weighted by Gasteiger charge is -2.17. The number of carbonyl (C=O) groups is 1. The zero-order valence-corrected chi connectivity index (χ0v) is 10.3. The highest BCUT2D eigenvalue weighted by Crippen LogP contribution is 2.15. The Labute approximate surface area is 100 Å². The lowest BCUT2D eigenvalue weighted by molar-refractivity contribution is -0.118. The van der Waals surface area contributed by atoms with E-state index >= 15 is 0 Å². The topological polar surface area (TPSA) is 32.3 Å². The molecule has 1 heterocycles. The summed E-state index contributed by atoms with van der Waals surface area (Å²) in [6.07, 6.45) is 4.09. The van der Waals surface area contributed by atoms with Crippen molar-refractivity contribution in [1.82, 2.24) is 10.2 Å². The van der Waals surface area contributed by atoms with Gasteiger partial charge in [-0.25, -0.2) is 0 Å². The summed E-state index contributed by atoms with van der Waals surface area (Å²) in [7, 11) is 0. The average molecular weight is 244 g/mol. The normalized spacial score (nSPS) is 15.1. The van der Waals surface area contributed by atoms with Crippen molar-refractivity contribution < 1.29 is 4.79 Å². The Morgan fingerprint density at radius 3 is 2.80 bits per heavy atom. The highest BCUT2D eigenvalue weighted by molar-refractivity contribution is 8.23. The van der Waals surface area contributed by atoms with Gasteiger partial charge in [-0.15, -0.1) is 6.58 Å². The van der Waals surface area contributed by atoms with Crippen molar-refractivity contribution in [3.63, 3.8) is 0 Å². The van der Waals surface area contributed by atoms with Gasteiger partial charge in [0.05, 0.1) is 5.75 Å². The second-order valence-corrected chi connectivity index (χ2v) is 4.95. The molecule has 0 unspecified atom stereocenters. The molecule has 0 aromatic heterocycles. The van der Waals surface area contributed by atoms with Gasteiger partial charge in [-0.3, -0.25) is 4.79 Å². The van der Waals surface area contributed by atoms with Crippen molar-refractivity contribution in [3.8, 4) is 0 Å². The second kappa shape index (κ2) is 6.85. The molecule has 84 valence electrons. The third-order valence-electron chi connectivity index (χ3n) is 2.13. The van der Waals surface area contributed by atoms with Crippen LogP contribution in [0.2, 0.25) is 0 Å². The van der Waals surface area contributed by atoms with Gasteiger partial charge in [-0.1, -0.05) is 30.1 Å². The molecule has 1 rings (SSSR count). The molecule has 0 aromatic rings. The summed E-state index contributed by atoms with van der Waals surface area (Å²) in [5.74, 6) is 0.421. The van der Waals surface area contributed by atoms with Crippen LogP contribution < -0.4 is 5.32 Å². The van der Waals surface area contributed by atoms with E-state index in [1.54, 1.807) is 6.08 Å². The average Bonchev–Trinajstić information content (AvgIpc) is 2.76. The summed E-state index contributed by atoms with van der Waals surface area (Å²) in [6.45, 7) is 6.14. The quantitative estimate of drug-likeness (QED) is 0.598. The molecule has 0 aliphatic carbocycles. The fraction of sp³-hybridized carbons (Fsp3) is 0.600. The summed E-state index contributed by atoms with van der Waals surface area (Å²) in [6, 6.07) is 0. The van der Waals surface area contributed by atoms with Crippen LogP contribution in [0, 0.1) is 0 Å². The van der Waals surface area contributed by atoms with Crippen LogP contribution in [-0.4, -0.2) is 40.5 Å². The molecule has 1 saturated heterocycles. The number of rotatable bonds is 4. The summed E-state index contributed by atoms with van der Waals surface area (Å²) in [5, 5.41) is 2.72. The van der Waals surface area contributed by atoms with E-state index in [0.29, 0.717) is 12.3 Å². The third kappa shape index (κ3) is 4.66. The maximum atomic E-state index is 11.3. The van der Waals surface area contributed by atoms with E-state index in [-0.39, 0.29) is 5.91 Å². The molecular weight excluding hydrogens is 228 g/mol. The van der Waals surface area contributed by atoms with Crippen LogP contribution >= 0.6 is 24.0 Å². The minimum absolute atomic E-state index is 0.0152. The molecule has 1 N–H and O–H groups in total. The van der Waals surface area contributed by atoms with Gasteiger partial charge in [-0.05, 0) is 12.8 Å². The van der Waals surface area contributed by atoms with Crippen LogP contribution in [0.1, 0.15) is 12.8 Å². The van der Waals surface area contributed by atoms with Crippen molar-refractivity contribution in [2.24, 2.45) is 0 Å². The largest absolute Gasteiger partial charge is 0.358 e. The number of thiocarbonyl (C=S) groups is 1. The van der Waals surface area contributed by atoms with Gasteiger partial charge in [0, 0.05) is 19.6 Å². The van der Waals surface area contributed by atoms with Crippen molar-refractivity contribution in [2.45, 2.75) is 12.8 Å². The molecule has 15 heavy (non-hydrogen) atoms. The predicted octanol–water partition coefficient (Wildman–Crippen LogP) is 1.40. The molecular formula is C10H16N2OS2. The highest BCUT2D eigenvalue weighted by atomic mass is 32.2. The smallest absolute Gasteiger partial charge is 0.230 e. The van der Waals surface area contributed by atoms with Gasteiger partial charge in [0.25, 0.3) is 0 Å². The van der Waals surface area contributed by atoms with E-state index < -0.39 is 0 Å². The zero-order valence-electron chi connectivity index (χ0n) is 8.70. The third-order valence-corrected chi connectivity index (χ3v) is 3.66. The Balaban J connectivity index is 2.15. The summed E-state index contributed by atoms with van der Waals surface area (Å²) < 4.78 is 0.848. The first-order valence-corrected chi connectivity index (χ1v) is 6.42. The Morgan fingerprint density at radius 1 is 1.53 bits per heavy atom. The van der Waals surface area contributed by atoms with E-state index in [2.05, 4.69) is 16.8 Å². The fourth-order valence-electron chi connectivity index (χ4n) is 1.36.